The van der Waals surface area contributed by atoms with Crippen LogP contribution in [0.3, 0.4) is 0 Å². The van der Waals surface area contributed by atoms with Gasteiger partial charge in [0.2, 0.25) is 17.7 Å². The summed E-state index contributed by atoms with van der Waals surface area (Å²) in [5.41, 5.74) is -1.21. The summed E-state index contributed by atoms with van der Waals surface area (Å²) >= 11 is 0. The summed E-state index contributed by atoms with van der Waals surface area (Å²) in [7, 11) is 2.83. The molecule has 3 amide bonds. The van der Waals surface area contributed by atoms with Crippen LogP contribution in [0.2, 0.25) is 0 Å². The van der Waals surface area contributed by atoms with E-state index in [2.05, 4.69) is 35.5 Å². The van der Waals surface area contributed by atoms with Crippen LogP contribution in [0, 0.1) is 24.6 Å². The van der Waals surface area contributed by atoms with Crippen LogP contribution in [0.25, 0.3) is 11.0 Å². The van der Waals surface area contributed by atoms with Gasteiger partial charge < -0.3 is 20.5 Å². The Hall–Kier alpha value is -4.18. The number of carbonyl (C=O) groups is 3. The molecule has 1 aliphatic rings. The molecule has 1 aromatic carbocycles. The Morgan fingerprint density at radius 1 is 1.07 bits per heavy atom. The number of aryl methyl sites for hydroxylation is 1. The van der Waals surface area contributed by atoms with Crippen LogP contribution in [-0.4, -0.2) is 81.6 Å². The Labute approximate surface area is 259 Å². The van der Waals surface area contributed by atoms with E-state index in [9.17, 15) is 31.9 Å². The van der Waals surface area contributed by atoms with E-state index in [-0.39, 0.29) is 35.6 Å². The predicted molar refractivity (Wildman–Crippen MR) is 151 cm³/mol. The fourth-order valence-corrected chi connectivity index (χ4v) is 5.55. The number of nitrogens with one attached hydrogen (secondary N) is 3. The number of carbonyl (C=O) groups excluding carboxylic acids is 3. The Bertz CT molecular complexity index is 1570. The van der Waals surface area contributed by atoms with Gasteiger partial charge >= 0.3 is 0 Å². The largest absolute Gasteiger partial charge is 0.347 e. The molecular weight excluding hydrogens is 624 g/mol. The van der Waals surface area contributed by atoms with Gasteiger partial charge in [-0.2, -0.15) is 0 Å². The summed E-state index contributed by atoms with van der Waals surface area (Å²) in [5.74, 6) is -10.4. The normalized spacial score (nSPS) is 17.9. The standard InChI is InChI=1S/C29H35F6N7O4/c1-12(2)20(28(45)42(4)5)38-26(43)17(19(31)24(32)33)15-6-7-16-23(18(15)30)37-25(36-16)22(14-8-10-29(34,35)11-9-14)39-27(44)21-13(3)40-46-41-21/h6-7,12,14,17,19-20,22,24H,8-11H2,1-5H3,(H,36,37)(H,38,43)(H,39,44)/t17-,19?,20-,22+/m1/s1. The maximum Gasteiger partial charge on any atom is 0.276 e. The molecule has 3 N–H and O–H groups in total. The first-order chi connectivity index (χ1) is 21.5. The molecule has 0 aliphatic heterocycles. The predicted octanol–water partition coefficient (Wildman–Crippen LogP) is 4.61. The minimum absolute atomic E-state index is 0.00498. The molecule has 0 saturated heterocycles. The zero-order valence-electron chi connectivity index (χ0n) is 25.7. The van der Waals surface area contributed by atoms with Crippen LogP contribution >= 0.6 is 0 Å². The number of amides is 3. The highest BCUT2D eigenvalue weighted by molar-refractivity contribution is 5.93. The Balaban J connectivity index is 1.74. The number of nitrogens with zero attached hydrogens (tertiary/aromatic N) is 4. The second-order valence-electron chi connectivity index (χ2n) is 12.0. The van der Waals surface area contributed by atoms with Crippen molar-refractivity contribution in [2.75, 3.05) is 14.1 Å². The van der Waals surface area contributed by atoms with Crippen molar-refractivity contribution in [2.24, 2.45) is 11.8 Å². The first kappa shape index (κ1) is 34.7. The third-order valence-electron chi connectivity index (χ3n) is 8.17. The molecule has 252 valence electrons. The van der Waals surface area contributed by atoms with E-state index < -0.39 is 95.8 Å². The number of benzene rings is 1. The van der Waals surface area contributed by atoms with E-state index >= 15 is 8.78 Å². The quantitative estimate of drug-likeness (QED) is 0.255. The van der Waals surface area contributed by atoms with Gasteiger partial charge in [0.15, 0.2) is 17.7 Å². The van der Waals surface area contributed by atoms with Gasteiger partial charge in [-0.05, 0) is 42.8 Å². The average Bonchev–Trinajstić information content (AvgIpc) is 3.62. The minimum Gasteiger partial charge on any atom is -0.347 e. The lowest BCUT2D eigenvalue weighted by molar-refractivity contribution is -0.137. The van der Waals surface area contributed by atoms with E-state index in [1.54, 1.807) is 13.8 Å². The van der Waals surface area contributed by atoms with Crippen LogP contribution in [0.5, 0.6) is 0 Å². The lowest BCUT2D eigenvalue weighted by atomic mass is 9.81. The van der Waals surface area contributed by atoms with Crippen molar-refractivity contribution in [2.45, 2.75) is 83.0 Å². The molecule has 17 heteroatoms. The van der Waals surface area contributed by atoms with Gasteiger partial charge in [-0.3, -0.25) is 14.4 Å². The van der Waals surface area contributed by atoms with Crippen LogP contribution in [0.15, 0.2) is 16.8 Å². The molecule has 0 radical (unpaired) electrons. The van der Waals surface area contributed by atoms with E-state index in [1.807, 2.05) is 0 Å². The van der Waals surface area contributed by atoms with Crippen LogP contribution in [-0.2, 0) is 9.59 Å². The molecule has 1 fully saturated rings. The van der Waals surface area contributed by atoms with E-state index in [0.717, 1.165) is 6.07 Å². The van der Waals surface area contributed by atoms with E-state index in [1.165, 1.54) is 32.0 Å². The van der Waals surface area contributed by atoms with Crippen molar-refractivity contribution in [3.63, 3.8) is 0 Å². The lowest BCUT2D eigenvalue weighted by Crippen LogP contribution is -2.51. The molecule has 3 aromatic rings. The van der Waals surface area contributed by atoms with Crippen LogP contribution in [0.1, 0.15) is 79.1 Å². The highest BCUT2D eigenvalue weighted by Crippen LogP contribution is 2.42. The number of halogens is 6. The molecule has 1 aliphatic carbocycles. The molecular formula is C29H35F6N7O4. The van der Waals surface area contributed by atoms with Crippen molar-refractivity contribution in [1.82, 2.24) is 35.8 Å². The van der Waals surface area contributed by atoms with Gasteiger partial charge in [-0.1, -0.05) is 25.1 Å². The van der Waals surface area contributed by atoms with Gasteiger partial charge in [0, 0.05) is 32.5 Å². The Morgan fingerprint density at radius 2 is 1.72 bits per heavy atom. The van der Waals surface area contributed by atoms with Crippen molar-refractivity contribution in [3.05, 3.63) is 40.7 Å². The number of rotatable bonds is 11. The summed E-state index contributed by atoms with van der Waals surface area (Å²) in [6.45, 7) is 4.63. The highest BCUT2D eigenvalue weighted by atomic mass is 19.3. The number of fused-ring (bicyclic) bond motifs is 1. The zero-order valence-corrected chi connectivity index (χ0v) is 25.7. The summed E-state index contributed by atoms with van der Waals surface area (Å²) in [5, 5.41) is 12.1. The van der Waals surface area contributed by atoms with Crippen LogP contribution in [0.4, 0.5) is 26.3 Å². The number of imidazole rings is 1. The molecule has 4 rings (SSSR count). The van der Waals surface area contributed by atoms with Gasteiger partial charge in [0.25, 0.3) is 12.3 Å². The third kappa shape index (κ3) is 7.28. The first-order valence-electron chi connectivity index (χ1n) is 14.6. The number of alkyl halides is 5. The van der Waals surface area contributed by atoms with Crippen molar-refractivity contribution < 1.29 is 45.4 Å². The summed E-state index contributed by atoms with van der Waals surface area (Å²) in [6, 6.07) is -0.120. The second-order valence-corrected chi connectivity index (χ2v) is 12.0. The minimum atomic E-state index is -3.68. The summed E-state index contributed by atoms with van der Waals surface area (Å²) in [6.07, 6.45) is -7.82. The fraction of sp³-hybridized carbons (Fsp3) is 0.586. The van der Waals surface area contributed by atoms with Crippen LogP contribution < -0.4 is 10.6 Å². The van der Waals surface area contributed by atoms with E-state index in [4.69, 9.17) is 0 Å². The van der Waals surface area contributed by atoms with Gasteiger partial charge in [-0.15, -0.1) is 0 Å². The molecule has 0 bridgehead atoms. The van der Waals surface area contributed by atoms with Crippen molar-refractivity contribution in [1.29, 1.82) is 0 Å². The Kier molecular flexibility index (Phi) is 10.3. The maximum atomic E-state index is 16.1. The molecule has 1 saturated carbocycles. The zero-order chi connectivity index (χ0) is 34.1. The van der Waals surface area contributed by atoms with Gasteiger partial charge in [0.05, 0.1) is 11.6 Å². The van der Waals surface area contributed by atoms with Crippen molar-refractivity contribution in [3.8, 4) is 0 Å². The monoisotopic (exact) mass is 659 g/mol. The second kappa shape index (κ2) is 13.7. The molecule has 1 unspecified atom stereocenters. The summed E-state index contributed by atoms with van der Waals surface area (Å²) < 4.78 is 91.1. The molecule has 2 heterocycles. The third-order valence-corrected chi connectivity index (χ3v) is 8.17. The topological polar surface area (TPSA) is 146 Å². The number of aromatic nitrogens is 4. The average molecular weight is 660 g/mol. The molecule has 11 nitrogen and oxygen atoms in total. The fourth-order valence-electron chi connectivity index (χ4n) is 5.55. The number of hydrogen-bond donors (Lipinski definition) is 3. The van der Waals surface area contributed by atoms with Gasteiger partial charge in [0.1, 0.15) is 29.0 Å². The number of hydrogen-bond acceptors (Lipinski definition) is 7. The first-order valence-corrected chi connectivity index (χ1v) is 14.6. The smallest absolute Gasteiger partial charge is 0.276 e. The summed E-state index contributed by atoms with van der Waals surface area (Å²) in [4.78, 5) is 47.2. The van der Waals surface area contributed by atoms with E-state index in [0.29, 0.717) is 0 Å². The lowest BCUT2D eigenvalue weighted by Gasteiger charge is -2.33. The van der Waals surface area contributed by atoms with Gasteiger partial charge in [-0.25, -0.2) is 36.0 Å². The molecule has 46 heavy (non-hydrogen) atoms. The SMILES string of the molecule is Cc1nonc1C(=O)N[C@H](c1nc2c(F)c([C@@H](C(=O)N[C@@H](C(=O)N(C)C)C(C)C)C(F)C(F)F)ccc2[nH]1)C1CCC(F)(F)CC1. The maximum absolute atomic E-state index is 16.1. The Morgan fingerprint density at radius 3 is 2.26 bits per heavy atom. The molecule has 0 spiro atoms. The number of H-pyrrole nitrogens is 1. The number of aromatic amines is 1. The van der Waals surface area contributed by atoms with Crippen molar-refractivity contribution >= 4 is 28.8 Å². The number of likely N-dealkylation sites (N-methyl/N-ethyl adjacent to an activating group) is 1. The highest BCUT2D eigenvalue weighted by Gasteiger charge is 2.42. The molecule has 2 aromatic heterocycles. The molecule has 4 atom stereocenters.